The Balaban J connectivity index is 1.98. The number of aromatic nitrogens is 2. The van der Waals surface area contributed by atoms with Crippen LogP contribution in [-0.4, -0.2) is 36.3 Å². The summed E-state index contributed by atoms with van der Waals surface area (Å²) in [5.41, 5.74) is 2.04. The fraction of sp³-hybridized carbons (Fsp3) is 0.250. The third-order valence-electron chi connectivity index (χ3n) is 5.22. The summed E-state index contributed by atoms with van der Waals surface area (Å²) in [5, 5.41) is 0. The van der Waals surface area contributed by atoms with E-state index in [2.05, 4.69) is 9.98 Å². The van der Waals surface area contributed by atoms with E-state index in [-0.39, 0.29) is 12.2 Å². The molecule has 1 unspecified atom stereocenters. The van der Waals surface area contributed by atoms with E-state index < -0.39 is 12.0 Å². The summed E-state index contributed by atoms with van der Waals surface area (Å²) in [6.07, 6.45) is 5.12. The number of hydrogen-bond donors (Lipinski definition) is 0. The van der Waals surface area contributed by atoms with Crippen molar-refractivity contribution in [3.05, 3.63) is 84.8 Å². The molecule has 0 bridgehead atoms. The van der Waals surface area contributed by atoms with Crippen molar-refractivity contribution in [2.45, 2.75) is 19.9 Å². The van der Waals surface area contributed by atoms with Gasteiger partial charge < -0.3 is 14.2 Å². The maximum Gasteiger partial charge on any atom is 0.338 e. The first-order valence-corrected chi connectivity index (χ1v) is 11.1. The highest BCUT2D eigenvalue weighted by molar-refractivity contribution is 7.07. The first-order valence-electron chi connectivity index (χ1n) is 10.3. The van der Waals surface area contributed by atoms with Crippen LogP contribution in [-0.2, 0) is 9.53 Å². The topological polar surface area (TPSA) is 92.0 Å². The van der Waals surface area contributed by atoms with E-state index in [4.69, 9.17) is 14.2 Å². The number of hydrogen-bond acceptors (Lipinski definition) is 8. The van der Waals surface area contributed by atoms with Crippen LogP contribution in [0.1, 0.15) is 31.0 Å². The zero-order chi connectivity index (χ0) is 23.5. The average molecular weight is 466 g/mol. The molecule has 1 atom stereocenters. The summed E-state index contributed by atoms with van der Waals surface area (Å²) < 4.78 is 18.2. The number of benzene rings is 1. The lowest BCUT2D eigenvalue weighted by molar-refractivity contribution is -0.139. The molecule has 9 heteroatoms. The first kappa shape index (κ1) is 22.5. The number of pyridine rings is 1. The molecule has 8 nitrogen and oxygen atoms in total. The highest BCUT2D eigenvalue weighted by Crippen LogP contribution is 2.36. The maximum absolute atomic E-state index is 13.5. The molecule has 0 spiro atoms. The van der Waals surface area contributed by atoms with Crippen molar-refractivity contribution in [1.29, 1.82) is 0 Å². The van der Waals surface area contributed by atoms with Gasteiger partial charge in [-0.3, -0.25) is 14.3 Å². The predicted octanol–water partition coefficient (Wildman–Crippen LogP) is 2.21. The Morgan fingerprint density at radius 2 is 2.00 bits per heavy atom. The third kappa shape index (κ3) is 4.19. The fourth-order valence-electron chi connectivity index (χ4n) is 3.74. The number of carbonyl (C=O) groups is 1. The van der Waals surface area contributed by atoms with Crippen LogP contribution in [0, 0.1) is 0 Å². The molecule has 0 aliphatic carbocycles. The summed E-state index contributed by atoms with van der Waals surface area (Å²) in [4.78, 5) is 35.7. The number of nitrogens with zero attached hydrogens (tertiary/aromatic N) is 3. The standard InChI is InChI=1S/C24H23N3O5S/c1-5-32-23(29)20-14(2)26-24-27(21(20)16-8-9-17(30-3)18(12-16)31-4)22(28)19(33-24)11-15-7-6-10-25-13-15/h6-13,21H,5H2,1-4H3. The minimum atomic E-state index is -0.726. The van der Waals surface area contributed by atoms with Crippen LogP contribution < -0.4 is 24.4 Å². The van der Waals surface area contributed by atoms with Gasteiger partial charge in [-0.1, -0.05) is 23.5 Å². The zero-order valence-corrected chi connectivity index (χ0v) is 19.5. The molecule has 0 N–H and O–H groups in total. The molecule has 0 saturated carbocycles. The number of fused-ring (bicyclic) bond motifs is 1. The van der Waals surface area contributed by atoms with E-state index in [9.17, 15) is 9.59 Å². The van der Waals surface area contributed by atoms with E-state index in [1.54, 1.807) is 57.6 Å². The van der Waals surface area contributed by atoms with Gasteiger partial charge in [-0.2, -0.15) is 0 Å². The van der Waals surface area contributed by atoms with Crippen LogP contribution in [0.5, 0.6) is 11.5 Å². The number of carbonyl (C=O) groups excluding carboxylic acids is 1. The van der Waals surface area contributed by atoms with Crippen molar-refractivity contribution < 1.29 is 19.0 Å². The van der Waals surface area contributed by atoms with Gasteiger partial charge in [-0.25, -0.2) is 9.79 Å². The second kappa shape index (κ2) is 9.41. The average Bonchev–Trinajstić information content (AvgIpc) is 3.12. The van der Waals surface area contributed by atoms with Crippen LogP contribution >= 0.6 is 11.3 Å². The van der Waals surface area contributed by atoms with Crippen molar-refractivity contribution in [3.8, 4) is 11.5 Å². The minimum Gasteiger partial charge on any atom is -0.493 e. The lowest BCUT2D eigenvalue weighted by Gasteiger charge is -2.25. The first-order chi connectivity index (χ1) is 16.0. The summed E-state index contributed by atoms with van der Waals surface area (Å²) in [6, 6.07) is 8.26. The normalized spacial score (nSPS) is 15.6. The van der Waals surface area contributed by atoms with E-state index in [1.165, 1.54) is 23.0 Å². The van der Waals surface area contributed by atoms with Crippen LogP contribution in [0.4, 0.5) is 0 Å². The molecule has 0 radical (unpaired) electrons. The van der Waals surface area contributed by atoms with Gasteiger partial charge in [-0.05, 0) is 49.2 Å². The zero-order valence-electron chi connectivity index (χ0n) is 18.7. The Kier molecular flexibility index (Phi) is 6.41. The number of rotatable bonds is 6. The Hall–Kier alpha value is -3.72. The Bertz CT molecular complexity index is 1410. The monoisotopic (exact) mass is 465 g/mol. The second-order valence-electron chi connectivity index (χ2n) is 7.20. The molecule has 0 saturated heterocycles. The molecule has 170 valence electrons. The van der Waals surface area contributed by atoms with Crippen molar-refractivity contribution in [3.63, 3.8) is 0 Å². The van der Waals surface area contributed by atoms with Gasteiger partial charge in [0.1, 0.15) is 0 Å². The predicted molar refractivity (Wildman–Crippen MR) is 124 cm³/mol. The fourth-order valence-corrected chi connectivity index (χ4v) is 4.79. The van der Waals surface area contributed by atoms with Crippen LogP contribution in [0.25, 0.3) is 6.08 Å². The van der Waals surface area contributed by atoms with Crippen molar-refractivity contribution in [2.75, 3.05) is 20.8 Å². The molecular formula is C24H23N3O5S. The minimum absolute atomic E-state index is 0.208. The number of esters is 1. The summed E-state index contributed by atoms with van der Waals surface area (Å²) in [7, 11) is 3.08. The molecule has 1 aromatic carbocycles. The van der Waals surface area contributed by atoms with Gasteiger partial charge in [0.25, 0.3) is 5.56 Å². The van der Waals surface area contributed by atoms with Gasteiger partial charge in [0.2, 0.25) is 0 Å². The smallest absolute Gasteiger partial charge is 0.338 e. The van der Waals surface area contributed by atoms with Crippen molar-refractivity contribution >= 4 is 23.4 Å². The maximum atomic E-state index is 13.5. The number of allylic oxidation sites excluding steroid dienone is 1. The lowest BCUT2D eigenvalue weighted by atomic mass is 9.95. The largest absolute Gasteiger partial charge is 0.493 e. The molecule has 3 aromatic rings. The van der Waals surface area contributed by atoms with Crippen LogP contribution in [0.15, 0.2) is 63.8 Å². The van der Waals surface area contributed by atoms with E-state index in [0.29, 0.717) is 37.7 Å². The van der Waals surface area contributed by atoms with Crippen LogP contribution in [0.3, 0.4) is 0 Å². The number of thiazole rings is 1. The van der Waals surface area contributed by atoms with Crippen LogP contribution in [0.2, 0.25) is 0 Å². The molecule has 33 heavy (non-hydrogen) atoms. The molecule has 3 heterocycles. The summed E-state index contributed by atoms with van der Waals surface area (Å²) in [5.74, 6) is 0.522. The highest BCUT2D eigenvalue weighted by atomic mass is 32.1. The van der Waals surface area contributed by atoms with Gasteiger partial charge in [0, 0.05) is 12.4 Å². The van der Waals surface area contributed by atoms with Gasteiger partial charge in [0.05, 0.1) is 42.7 Å². The van der Waals surface area contributed by atoms with E-state index in [1.807, 2.05) is 12.1 Å². The van der Waals surface area contributed by atoms with E-state index >= 15 is 0 Å². The SMILES string of the molecule is CCOC(=O)C1=C(C)N=c2sc(=Cc3cccnc3)c(=O)n2C1c1ccc(OC)c(OC)c1. The van der Waals surface area contributed by atoms with Gasteiger partial charge in [0.15, 0.2) is 16.3 Å². The molecule has 1 aliphatic heterocycles. The molecule has 2 aromatic heterocycles. The van der Waals surface area contributed by atoms with Gasteiger partial charge in [-0.15, -0.1) is 0 Å². The highest BCUT2D eigenvalue weighted by Gasteiger charge is 2.33. The Morgan fingerprint density at radius 3 is 2.67 bits per heavy atom. The lowest BCUT2D eigenvalue weighted by Crippen LogP contribution is -2.40. The van der Waals surface area contributed by atoms with Crippen molar-refractivity contribution in [1.82, 2.24) is 9.55 Å². The summed E-state index contributed by atoms with van der Waals surface area (Å²) >= 11 is 1.26. The molecule has 4 rings (SSSR count). The molecular weight excluding hydrogens is 442 g/mol. The molecule has 0 fully saturated rings. The van der Waals surface area contributed by atoms with Gasteiger partial charge >= 0.3 is 5.97 Å². The second-order valence-corrected chi connectivity index (χ2v) is 8.21. The van der Waals surface area contributed by atoms with Crippen molar-refractivity contribution in [2.24, 2.45) is 4.99 Å². The Labute approximate surface area is 194 Å². The summed E-state index contributed by atoms with van der Waals surface area (Å²) in [6.45, 7) is 3.69. The Morgan fingerprint density at radius 1 is 1.21 bits per heavy atom. The number of methoxy groups -OCH3 is 2. The van der Waals surface area contributed by atoms with E-state index in [0.717, 1.165) is 5.56 Å². The number of ether oxygens (including phenoxy) is 3. The third-order valence-corrected chi connectivity index (χ3v) is 6.21. The molecule has 0 amide bonds. The molecule has 1 aliphatic rings. The quantitative estimate of drug-likeness (QED) is 0.519.